The van der Waals surface area contributed by atoms with Gasteiger partial charge in [-0.25, -0.2) is 0 Å². The highest BCUT2D eigenvalue weighted by molar-refractivity contribution is 6.30. The highest BCUT2D eigenvalue weighted by Crippen LogP contribution is 2.22. The minimum absolute atomic E-state index is 0.0261. The number of carbonyl (C=O) groups excluding carboxylic acids is 2. The Kier molecular flexibility index (Phi) is 7.49. The second kappa shape index (κ2) is 9.60. The molecule has 0 aromatic heterocycles. The number of hydrogen-bond acceptors (Lipinski definition) is 2. The summed E-state index contributed by atoms with van der Waals surface area (Å²) >= 11 is 11.8. The highest BCUT2D eigenvalue weighted by atomic mass is 35.5. The average Bonchev–Trinajstić information content (AvgIpc) is 2.64. The number of nitrogens with one attached hydrogen (secondary N) is 1. The molecule has 2 aromatic carbocycles. The van der Waals surface area contributed by atoms with Crippen LogP contribution < -0.4 is 5.32 Å². The quantitative estimate of drug-likeness (QED) is 0.692. The summed E-state index contributed by atoms with van der Waals surface area (Å²) in [5.74, 6) is -0.145. The Labute approximate surface area is 164 Å². The van der Waals surface area contributed by atoms with E-state index in [-0.39, 0.29) is 17.9 Å². The third kappa shape index (κ3) is 5.75. The third-order valence-electron chi connectivity index (χ3n) is 4.26. The lowest BCUT2D eigenvalue weighted by Crippen LogP contribution is -2.31. The predicted molar refractivity (Wildman–Crippen MR) is 106 cm³/mol. The summed E-state index contributed by atoms with van der Waals surface area (Å²) in [7, 11) is 1.78. The van der Waals surface area contributed by atoms with E-state index >= 15 is 0 Å². The predicted octanol–water partition coefficient (Wildman–Crippen LogP) is 4.72. The largest absolute Gasteiger partial charge is 0.352 e. The van der Waals surface area contributed by atoms with Crippen molar-refractivity contribution in [2.75, 3.05) is 13.6 Å². The Bertz CT molecular complexity index is 763. The Hall–Kier alpha value is -2.04. The van der Waals surface area contributed by atoms with E-state index in [0.29, 0.717) is 35.0 Å². The van der Waals surface area contributed by atoms with Crippen LogP contribution in [-0.2, 0) is 4.79 Å². The summed E-state index contributed by atoms with van der Waals surface area (Å²) in [6, 6.07) is 14.1. The van der Waals surface area contributed by atoms with Crippen molar-refractivity contribution < 1.29 is 9.59 Å². The number of rotatable bonds is 7. The van der Waals surface area contributed by atoms with Crippen LogP contribution in [0.25, 0.3) is 0 Å². The van der Waals surface area contributed by atoms with Gasteiger partial charge in [-0.05, 0) is 55.3 Å². The Morgan fingerprint density at radius 3 is 2.42 bits per heavy atom. The molecule has 0 saturated heterocycles. The van der Waals surface area contributed by atoms with E-state index in [4.69, 9.17) is 23.2 Å². The van der Waals surface area contributed by atoms with Gasteiger partial charge in [-0.15, -0.1) is 0 Å². The van der Waals surface area contributed by atoms with Crippen molar-refractivity contribution >= 4 is 35.0 Å². The van der Waals surface area contributed by atoms with Gasteiger partial charge in [0.25, 0.3) is 5.91 Å². The molecular formula is C20H22Cl2N2O2. The zero-order valence-electron chi connectivity index (χ0n) is 14.8. The first-order valence-electron chi connectivity index (χ1n) is 8.43. The Morgan fingerprint density at radius 1 is 1.08 bits per heavy atom. The number of nitrogens with zero attached hydrogens (tertiary/aromatic N) is 1. The molecule has 0 aliphatic rings. The molecule has 0 saturated carbocycles. The lowest BCUT2D eigenvalue weighted by Gasteiger charge is -2.25. The van der Waals surface area contributed by atoms with Crippen molar-refractivity contribution in [3.05, 3.63) is 69.7 Å². The van der Waals surface area contributed by atoms with Crippen LogP contribution >= 0.6 is 23.2 Å². The molecule has 0 bridgehead atoms. The van der Waals surface area contributed by atoms with E-state index in [1.54, 1.807) is 36.2 Å². The minimum Gasteiger partial charge on any atom is -0.352 e. The van der Waals surface area contributed by atoms with Crippen molar-refractivity contribution in [3.63, 3.8) is 0 Å². The molecule has 2 rings (SSSR count). The maximum absolute atomic E-state index is 12.4. The molecular weight excluding hydrogens is 371 g/mol. The molecule has 1 atom stereocenters. The molecule has 0 fully saturated rings. The van der Waals surface area contributed by atoms with Crippen molar-refractivity contribution in [1.82, 2.24) is 10.2 Å². The fourth-order valence-corrected chi connectivity index (χ4v) is 2.85. The molecule has 138 valence electrons. The van der Waals surface area contributed by atoms with Crippen LogP contribution in [0.5, 0.6) is 0 Å². The number of amides is 2. The van der Waals surface area contributed by atoms with Crippen LogP contribution in [0, 0.1) is 0 Å². The lowest BCUT2D eigenvalue weighted by molar-refractivity contribution is -0.131. The molecule has 0 spiro atoms. The number of benzene rings is 2. The SMILES string of the molecule is CC(c1cccc(Cl)c1)N(C)C(=O)CCCNC(=O)c1ccc(Cl)cc1. The fraction of sp³-hybridized carbons (Fsp3) is 0.300. The first kappa shape index (κ1) is 20.3. The van der Waals surface area contributed by atoms with Crippen molar-refractivity contribution in [2.24, 2.45) is 0 Å². The number of carbonyl (C=O) groups is 2. The highest BCUT2D eigenvalue weighted by Gasteiger charge is 2.17. The summed E-state index contributed by atoms with van der Waals surface area (Å²) in [4.78, 5) is 26.1. The maximum atomic E-state index is 12.4. The average molecular weight is 393 g/mol. The smallest absolute Gasteiger partial charge is 0.251 e. The van der Waals surface area contributed by atoms with Gasteiger partial charge in [0.05, 0.1) is 6.04 Å². The molecule has 2 aromatic rings. The van der Waals surface area contributed by atoms with Crippen molar-refractivity contribution in [1.29, 1.82) is 0 Å². The van der Waals surface area contributed by atoms with E-state index in [1.165, 1.54) is 0 Å². The summed E-state index contributed by atoms with van der Waals surface area (Å²) in [5.41, 5.74) is 1.54. The molecule has 26 heavy (non-hydrogen) atoms. The first-order valence-corrected chi connectivity index (χ1v) is 9.19. The second-order valence-corrected chi connectivity index (χ2v) is 6.97. The zero-order valence-corrected chi connectivity index (χ0v) is 16.3. The normalized spacial score (nSPS) is 11.7. The van der Waals surface area contributed by atoms with Crippen molar-refractivity contribution in [3.8, 4) is 0 Å². The van der Waals surface area contributed by atoms with Gasteiger partial charge in [-0.2, -0.15) is 0 Å². The molecule has 0 aliphatic heterocycles. The minimum atomic E-state index is -0.172. The molecule has 0 aliphatic carbocycles. The van der Waals surface area contributed by atoms with Crippen LogP contribution in [0.4, 0.5) is 0 Å². The van der Waals surface area contributed by atoms with Crippen LogP contribution in [0.15, 0.2) is 48.5 Å². The van der Waals surface area contributed by atoms with Gasteiger partial charge < -0.3 is 10.2 Å². The molecule has 1 N–H and O–H groups in total. The van der Waals surface area contributed by atoms with Gasteiger partial charge in [-0.3, -0.25) is 9.59 Å². The summed E-state index contributed by atoms with van der Waals surface area (Å²) in [5, 5.41) is 4.05. The summed E-state index contributed by atoms with van der Waals surface area (Å²) < 4.78 is 0. The van der Waals surface area contributed by atoms with E-state index < -0.39 is 0 Å². The van der Waals surface area contributed by atoms with Gasteiger partial charge in [0.15, 0.2) is 0 Å². The third-order valence-corrected chi connectivity index (χ3v) is 4.75. The summed E-state index contributed by atoms with van der Waals surface area (Å²) in [6.07, 6.45) is 0.938. The van der Waals surface area contributed by atoms with E-state index in [9.17, 15) is 9.59 Å². The van der Waals surface area contributed by atoms with Gasteiger partial charge in [0.2, 0.25) is 5.91 Å². The summed E-state index contributed by atoms with van der Waals surface area (Å²) in [6.45, 7) is 2.40. The van der Waals surface area contributed by atoms with Crippen LogP contribution in [0.1, 0.15) is 41.7 Å². The van der Waals surface area contributed by atoms with E-state index in [1.807, 2.05) is 31.2 Å². The first-order chi connectivity index (χ1) is 12.4. The van der Waals surface area contributed by atoms with E-state index in [2.05, 4.69) is 5.32 Å². The molecule has 0 radical (unpaired) electrons. The second-order valence-electron chi connectivity index (χ2n) is 6.10. The molecule has 6 heteroatoms. The standard InChI is InChI=1S/C20H22Cl2N2O2/c1-14(16-5-3-6-18(22)13-16)24(2)19(25)7-4-12-23-20(26)15-8-10-17(21)11-9-15/h3,5-6,8-11,13-14H,4,7,12H2,1-2H3,(H,23,26). The topological polar surface area (TPSA) is 49.4 Å². The molecule has 4 nitrogen and oxygen atoms in total. The molecule has 1 unspecified atom stereocenters. The van der Waals surface area contributed by atoms with Crippen LogP contribution in [-0.4, -0.2) is 30.3 Å². The fourth-order valence-electron chi connectivity index (χ4n) is 2.53. The molecule has 2 amide bonds. The van der Waals surface area contributed by atoms with Gasteiger partial charge in [0.1, 0.15) is 0 Å². The Balaban J connectivity index is 1.77. The molecule has 0 heterocycles. The zero-order chi connectivity index (χ0) is 19.1. The number of halogens is 2. The van der Waals surface area contributed by atoms with Gasteiger partial charge in [-0.1, -0.05) is 35.3 Å². The Morgan fingerprint density at radius 2 is 1.77 bits per heavy atom. The van der Waals surface area contributed by atoms with Gasteiger partial charge in [0, 0.05) is 35.6 Å². The number of hydrogen-bond donors (Lipinski definition) is 1. The van der Waals surface area contributed by atoms with Crippen LogP contribution in [0.2, 0.25) is 10.0 Å². The maximum Gasteiger partial charge on any atom is 0.251 e. The van der Waals surface area contributed by atoms with Gasteiger partial charge >= 0.3 is 0 Å². The lowest BCUT2D eigenvalue weighted by atomic mass is 10.1. The van der Waals surface area contributed by atoms with Crippen molar-refractivity contribution in [2.45, 2.75) is 25.8 Å². The van der Waals surface area contributed by atoms with Crippen LogP contribution in [0.3, 0.4) is 0 Å². The monoisotopic (exact) mass is 392 g/mol. The van der Waals surface area contributed by atoms with E-state index in [0.717, 1.165) is 5.56 Å².